The summed E-state index contributed by atoms with van der Waals surface area (Å²) < 4.78 is 13.3. The molecule has 32 heavy (non-hydrogen) atoms. The highest BCUT2D eigenvalue weighted by Crippen LogP contribution is 2.32. The predicted molar refractivity (Wildman–Crippen MR) is 129 cm³/mol. The molecule has 2 amide bonds. The molecule has 1 saturated heterocycles. The van der Waals surface area contributed by atoms with E-state index in [0.717, 1.165) is 42.1 Å². The molecule has 4 rings (SSSR count). The molecule has 2 aromatic carbocycles. The first-order valence-corrected chi connectivity index (χ1v) is 12.7. The summed E-state index contributed by atoms with van der Waals surface area (Å²) in [6.07, 6.45) is 3.66. The number of amides is 2. The highest BCUT2D eigenvalue weighted by Gasteiger charge is 2.26. The summed E-state index contributed by atoms with van der Waals surface area (Å²) in [6, 6.07) is 13.6. The Bertz CT molecular complexity index is 1090. The van der Waals surface area contributed by atoms with Crippen molar-refractivity contribution in [3.8, 4) is 11.1 Å². The van der Waals surface area contributed by atoms with Gasteiger partial charge in [-0.05, 0) is 42.9 Å². The van der Waals surface area contributed by atoms with E-state index in [9.17, 15) is 14.0 Å². The van der Waals surface area contributed by atoms with E-state index >= 15 is 0 Å². The number of nitrogens with zero attached hydrogens (tertiary/aromatic N) is 2. The molecule has 1 aliphatic heterocycles. The molecule has 0 aliphatic carbocycles. The number of thioether (sulfide) groups is 1. The Morgan fingerprint density at radius 2 is 1.88 bits per heavy atom. The van der Waals surface area contributed by atoms with Gasteiger partial charge in [-0.25, -0.2) is 9.37 Å². The van der Waals surface area contributed by atoms with Crippen molar-refractivity contribution in [3.63, 3.8) is 0 Å². The minimum absolute atomic E-state index is 0.190. The van der Waals surface area contributed by atoms with Crippen molar-refractivity contribution in [2.24, 2.45) is 0 Å². The number of para-hydroxylation sites is 1. The molecular formula is C24H24FN3O2S2. The second-order valence-electron chi connectivity index (χ2n) is 7.67. The molecule has 8 heteroatoms. The van der Waals surface area contributed by atoms with E-state index in [4.69, 9.17) is 0 Å². The molecule has 1 fully saturated rings. The number of aromatic nitrogens is 1. The molecule has 0 radical (unpaired) electrons. The molecular weight excluding hydrogens is 445 g/mol. The van der Waals surface area contributed by atoms with Crippen LogP contribution in [0.3, 0.4) is 0 Å². The number of rotatable bonds is 6. The van der Waals surface area contributed by atoms with Crippen molar-refractivity contribution in [1.29, 1.82) is 0 Å². The van der Waals surface area contributed by atoms with Gasteiger partial charge in [0.2, 0.25) is 5.91 Å². The zero-order chi connectivity index (χ0) is 22.5. The number of carbonyl (C=O) groups excluding carboxylic acids is 2. The van der Waals surface area contributed by atoms with Crippen LogP contribution in [0.5, 0.6) is 0 Å². The lowest BCUT2D eigenvalue weighted by molar-refractivity contribution is -0.129. The van der Waals surface area contributed by atoms with Crippen LogP contribution in [0.4, 0.5) is 10.1 Å². The van der Waals surface area contributed by atoms with Crippen LogP contribution in [-0.2, 0) is 4.79 Å². The number of carbonyl (C=O) groups is 2. The topological polar surface area (TPSA) is 62.3 Å². The van der Waals surface area contributed by atoms with E-state index in [2.05, 4.69) is 10.3 Å². The number of nitrogens with one attached hydrogen (secondary N) is 1. The number of thiazole rings is 1. The number of likely N-dealkylation sites (tertiary alicyclic amines) is 1. The molecule has 0 bridgehead atoms. The molecule has 1 aromatic heterocycles. The predicted octanol–water partition coefficient (Wildman–Crippen LogP) is 5.27. The van der Waals surface area contributed by atoms with Crippen LogP contribution in [0.15, 0.2) is 53.9 Å². The van der Waals surface area contributed by atoms with E-state index in [-0.39, 0.29) is 23.5 Å². The third-order valence-corrected chi connectivity index (χ3v) is 7.09. The molecule has 3 aromatic rings. The Balaban J connectivity index is 1.42. The molecule has 0 unspecified atom stereocenters. The van der Waals surface area contributed by atoms with Crippen molar-refractivity contribution in [3.05, 3.63) is 70.4 Å². The minimum Gasteiger partial charge on any atom is -0.342 e. The fourth-order valence-corrected chi connectivity index (χ4v) is 5.23. The third kappa shape index (κ3) is 5.19. The van der Waals surface area contributed by atoms with Crippen LogP contribution in [0.1, 0.15) is 34.3 Å². The van der Waals surface area contributed by atoms with Gasteiger partial charge in [0, 0.05) is 35.6 Å². The van der Waals surface area contributed by atoms with E-state index in [1.807, 2.05) is 35.4 Å². The van der Waals surface area contributed by atoms with Gasteiger partial charge in [0.1, 0.15) is 11.5 Å². The van der Waals surface area contributed by atoms with Crippen molar-refractivity contribution in [2.75, 3.05) is 30.4 Å². The Hall–Kier alpha value is -2.71. The maximum absolute atomic E-state index is 13.3. The Kier molecular flexibility index (Phi) is 7.22. The van der Waals surface area contributed by atoms with Gasteiger partial charge < -0.3 is 10.2 Å². The van der Waals surface area contributed by atoms with Gasteiger partial charge in [-0.15, -0.1) is 11.3 Å². The fourth-order valence-electron chi connectivity index (χ4n) is 3.83. The van der Waals surface area contributed by atoms with Gasteiger partial charge in [0.25, 0.3) is 5.91 Å². The average Bonchev–Trinajstić information content (AvgIpc) is 3.31. The summed E-state index contributed by atoms with van der Waals surface area (Å²) in [4.78, 5) is 31.5. The first-order chi connectivity index (χ1) is 15.5. The molecule has 166 valence electrons. The zero-order valence-electron chi connectivity index (χ0n) is 17.7. The van der Waals surface area contributed by atoms with Crippen LogP contribution >= 0.6 is 23.1 Å². The van der Waals surface area contributed by atoms with E-state index < -0.39 is 0 Å². The molecule has 0 spiro atoms. The van der Waals surface area contributed by atoms with Crippen molar-refractivity contribution >= 4 is 40.6 Å². The third-order valence-electron chi connectivity index (χ3n) is 5.55. The van der Waals surface area contributed by atoms with Crippen LogP contribution in [0.25, 0.3) is 11.1 Å². The lowest BCUT2D eigenvalue weighted by Crippen LogP contribution is -2.38. The molecule has 0 saturated carbocycles. The number of anilines is 1. The summed E-state index contributed by atoms with van der Waals surface area (Å²) in [5.41, 5.74) is 2.68. The fraction of sp³-hybridized carbons (Fsp3) is 0.292. The van der Waals surface area contributed by atoms with Gasteiger partial charge in [-0.2, -0.15) is 11.8 Å². The normalized spacial score (nSPS) is 14.4. The second-order valence-corrected chi connectivity index (χ2v) is 9.42. The van der Waals surface area contributed by atoms with Crippen LogP contribution < -0.4 is 5.32 Å². The number of piperidine rings is 1. The Morgan fingerprint density at radius 3 is 2.59 bits per heavy atom. The number of hydrogen-bond acceptors (Lipinski definition) is 5. The molecule has 5 nitrogen and oxygen atoms in total. The summed E-state index contributed by atoms with van der Waals surface area (Å²) in [7, 11) is 0. The number of halogens is 1. The van der Waals surface area contributed by atoms with E-state index in [1.165, 1.54) is 23.5 Å². The second kappa shape index (κ2) is 10.3. The van der Waals surface area contributed by atoms with Gasteiger partial charge >= 0.3 is 0 Å². The summed E-state index contributed by atoms with van der Waals surface area (Å²) in [5, 5.41) is 5.68. The SMILES string of the molecule is CSCC(=O)N1CCC(c2nc(C(=O)Nc3ccccc3-c3ccc(F)cc3)cs2)CC1. The quantitative estimate of drug-likeness (QED) is 0.534. The molecule has 0 atom stereocenters. The maximum atomic E-state index is 13.3. The highest BCUT2D eigenvalue weighted by molar-refractivity contribution is 7.99. The van der Waals surface area contributed by atoms with Crippen LogP contribution in [0, 0.1) is 5.82 Å². The average molecular weight is 470 g/mol. The van der Waals surface area contributed by atoms with Crippen molar-refractivity contribution < 1.29 is 14.0 Å². The van der Waals surface area contributed by atoms with Gasteiger partial charge in [-0.3, -0.25) is 9.59 Å². The monoisotopic (exact) mass is 469 g/mol. The smallest absolute Gasteiger partial charge is 0.275 e. The van der Waals surface area contributed by atoms with E-state index in [0.29, 0.717) is 17.1 Å². The van der Waals surface area contributed by atoms with Gasteiger partial charge in [-0.1, -0.05) is 30.3 Å². The summed E-state index contributed by atoms with van der Waals surface area (Å²) in [6.45, 7) is 1.46. The Morgan fingerprint density at radius 1 is 1.16 bits per heavy atom. The maximum Gasteiger partial charge on any atom is 0.275 e. The molecule has 2 heterocycles. The van der Waals surface area contributed by atoms with E-state index in [1.54, 1.807) is 29.3 Å². The summed E-state index contributed by atoms with van der Waals surface area (Å²) in [5.74, 6) is 0.409. The number of hydrogen-bond donors (Lipinski definition) is 1. The van der Waals surface area contributed by atoms with Crippen LogP contribution in [-0.4, -0.2) is 46.8 Å². The first kappa shape index (κ1) is 22.5. The minimum atomic E-state index is -0.301. The van der Waals surface area contributed by atoms with Crippen molar-refractivity contribution in [1.82, 2.24) is 9.88 Å². The van der Waals surface area contributed by atoms with Crippen LogP contribution in [0.2, 0.25) is 0 Å². The number of benzene rings is 2. The largest absolute Gasteiger partial charge is 0.342 e. The lowest BCUT2D eigenvalue weighted by atomic mass is 9.97. The molecule has 1 N–H and O–H groups in total. The van der Waals surface area contributed by atoms with Gasteiger partial charge in [0.15, 0.2) is 0 Å². The Labute approximate surface area is 195 Å². The molecule has 1 aliphatic rings. The van der Waals surface area contributed by atoms with Crippen molar-refractivity contribution in [2.45, 2.75) is 18.8 Å². The van der Waals surface area contributed by atoms with Gasteiger partial charge in [0.05, 0.1) is 10.8 Å². The summed E-state index contributed by atoms with van der Waals surface area (Å²) >= 11 is 3.04. The first-order valence-electron chi connectivity index (χ1n) is 10.4. The standard InChI is InChI=1S/C24H24FN3O2S2/c1-31-15-22(29)28-12-10-17(11-13-28)24-27-21(14-32-24)23(30)26-20-5-3-2-4-19(20)16-6-8-18(25)9-7-16/h2-9,14,17H,10-13,15H2,1H3,(H,26,30). The lowest BCUT2D eigenvalue weighted by Gasteiger charge is -2.31. The zero-order valence-corrected chi connectivity index (χ0v) is 19.3. The highest BCUT2D eigenvalue weighted by atomic mass is 32.2.